The molecule has 0 saturated heterocycles. The number of nitrogens with zero attached hydrogens (tertiary/aromatic N) is 1. The molecule has 0 bridgehead atoms. The van der Waals surface area contributed by atoms with Gasteiger partial charge >= 0.3 is 12.3 Å². The van der Waals surface area contributed by atoms with Crippen LogP contribution in [0.1, 0.15) is 12.5 Å². The van der Waals surface area contributed by atoms with Crippen LogP contribution in [0.25, 0.3) is 0 Å². The molecule has 6 heteroatoms. The fourth-order valence-corrected chi connectivity index (χ4v) is 2.02. The number of carbonyl (C=O) groups excluding carboxylic acids is 1. The van der Waals surface area contributed by atoms with Crippen molar-refractivity contribution >= 4 is 17.5 Å². The van der Waals surface area contributed by atoms with Crippen LogP contribution in [0.3, 0.4) is 0 Å². The molecule has 2 aromatic carbocycles. The third-order valence-electron chi connectivity index (χ3n) is 2.92. The summed E-state index contributed by atoms with van der Waals surface area (Å²) >= 11 is 0. The van der Waals surface area contributed by atoms with Crippen molar-refractivity contribution in [3.05, 3.63) is 60.2 Å². The number of benzene rings is 2. The SMILES string of the molecule is CCOC(=O)N(c1ccccc1)c1ccccc1C(F)(F)F. The maximum atomic E-state index is 13.2. The smallest absolute Gasteiger partial charge is 0.418 e. The van der Waals surface area contributed by atoms with E-state index in [1.807, 2.05) is 0 Å². The number of carbonyl (C=O) groups is 1. The van der Waals surface area contributed by atoms with Gasteiger partial charge in [-0.25, -0.2) is 9.69 Å². The maximum Gasteiger partial charge on any atom is 0.418 e. The van der Waals surface area contributed by atoms with Crippen LogP contribution in [0.4, 0.5) is 29.3 Å². The summed E-state index contributed by atoms with van der Waals surface area (Å²) < 4.78 is 44.5. The molecule has 0 saturated carbocycles. The topological polar surface area (TPSA) is 29.5 Å². The van der Waals surface area contributed by atoms with Gasteiger partial charge in [0, 0.05) is 0 Å². The molecule has 0 spiro atoms. The Labute approximate surface area is 125 Å². The zero-order chi connectivity index (χ0) is 16.2. The van der Waals surface area contributed by atoms with Crippen molar-refractivity contribution in [3.63, 3.8) is 0 Å². The van der Waals surface area contributed by atoms with Crippen molar-refractivity contribution in [3.8, 4) is 0 Å². The Morgan fingerprint density at radius 1 is 1.05 bits per heavy atom. The van der Waals surface area contributed by atoms with Gasteiger partial charge in [-0.2, -0.15) is 13.2 Å². The Balaban J connectivity index is 2.58. The number of hydrogen-bond donors (Lipinski definition) is 0. The van der Waals surface area contributed by atoms with Crippen LogP contribution in [0.2, 0.25) is 0 Å². The number of anilines is 2. The van der Waals surface area contributed by atoms with E-state index in [0.717, 1.165) is 11.0 Å². The molecule has 22 heavy (non-hydrogen) atoms. The summed E-state index contributed by atoms with van der Waals surface area (Å²) in [6.45, 7) is 1.66. The Morgan fingerprint density at radius 3 is 2.23 bits per heavy atom. The normalized spacial score (nSPS) is 11.1. The van der Waals surface area contributed by atoms with Crippen molar-refractivity contribution in [1.82, 2.24) is 0 Å². The average molecular weight is 309 g/mol. The second-order valence-corrected chi connectivity index (χ2v) is 4.38. The summed E-state index contributed by atoms with van der Waals surface area (Å²) in [7, 11) is 0. The number of ether oxygens (including phenoxy) is 1. The van der Waals surface area contributed by atoms with E-state index in [2.05, 4.69) is 0 Å². The number of rotatable bonds is 3. The Kier molecular flexibility index (Phi) is 4.70. The molecular formula is C16H14F3NO2. The van der Waals surface area contributed by atoms with Gasteiger partial charge in [-0.15, -0.1) is 0 Å². The fraction of sp³-hybridized carbons (Fsp3) is 0.188. The lowest BCUT2D eigenvalue weighted by Crippen LogP contribution is -2.28. The number of alkyl halides is 3. The van der Waals surface area contributed by atoms with Crippen LogP contribution in [-0.2, 0) is 10.9 Å². The molecule has 0 fully saturated rings. The van der Waals surface area contributed by atoms with Crippen LogP contribution >= 0.6 is 0 Å². The first-order valence-electron chi connectivity index (χ1n) is 6.63. The lowest BCUT2D eigenvalue weighted by molar-refractivity contribution is -0.137. The van der Waals surface area contributed by atoms with Crippen molar-refractivity contribution in [2.45, 2.75) is 13.1 Å². The molecule has 1 amide bonds. The van der Waals surface area contributed by atoms with E-state index in [4.69, 9.17) is 4.74 Å². The zero-order valence-electron chi connectivity index (χ0n) is 11.8. The first kappa shape index (κ1) is 15.9. The molecule has 2 aromatic rings. The molecule has 0 heterocycles. The van der Waals surface area contributed by atoms with Crippen molar-refractivity contribution in [2.24, 2.45) is 0 Å². The molecule has 2 rings (SSSR count). The minimum atomic E-state index is -4.57. The Hall–Kier alpha value is -2.50. The Morgan fingerprint density at radius 2 is 1.64 bits per heavy atom. The lowest BCUT2D eigenvalue weighted by atomic mass is 10.1. The molecule has 0 aromatic heterocycles. The highest BCUT2D eigenvalue weighted by Crippen LogP contribution is 2.39. The summed E-state index contributed by atoms with van der Waals surface area (Å²) in [5.41, 5.74) is -0.857. The molecule has 116 valence electrons. The van der Waals surface area contributed by atoms with Crippen LogP contribution in [0, 0.1) is 0 Å². The number of halogens is 3. The van der Waals surface area contributed by atoms with Crippen LogP contribution in [0.15, 0.2) is 54.6 Å². The highest BCUT2D eigenvalue weighted by Gasteiger charge is 2.36. The molecule has 0 N–H and O–H groups in total. The van der Waals surface area contributed by atoms with E-state index in [1.54, 1.807) is 37.3 Å². The molecule has 0 aliphatic heterocycles. The van der Waals surface area contributed by atoms with Gasteiger partial charge in [-0.05, 0) is 31.2 Å². The molecule has 0 radical (unpaired) electrons. The minimum Gasteiger partial charge on any atom is -0.449 e. The van der Waals surface area contributed by atoms with Gasteiger partial charge in [-0.1, -0.05) is 30.3 Å². The first-order chi connectivity index (χ1) is 10.4. The Bertz CT molecular complexity index is 641. The fourth-order valence-electron chi connectivity index (χ4n) is 2.02. The third-order valence-corrected chi connectivity index (χ3v) is 2.92. The third kappa shape index (κ3) is 3.39. The number of hydrogen-bond acceptors (Lipinski definition) is 2. The average Bonchev–Trinajstić information content (AvgIpc) is 2.48. The standard InChI is InChI=1S/C16H14F3NO2/c1-2-22-15(21)20(12-8-4-3-5-9-12)14-11-7-6-10-13(14)16(17,18)19/h3-11H,2H2,1H3. The first-order valence-corrected chi connectivity index (χ1v) is 6.63. The van der Waals surface area contributed by atoms with Gasteiger partial charge in [0.2, 0.25) is 0 Å². The van der Waals surface area contributed by atoms with Crippen LogP contribution < -0.4 is 4.90 Å². The van der Waals surface area contributed by atoms with E-state index >= 15 is 0 Å². The van der Waals surface area contributed by atoms with Gasteiger partial charge < -0.3 is 4.74 Å². The minimum absolute atomic E-state index is 0.0658. The van der Waals surface area contributed by atoms with Gasteiger partial charge in [-0.3, -0.25) is 0 Å². The summed E-state index contributed by atoms with van der Waals surface area (Å²) in [6.07, 6.45) is -5.43. The van der Waals surface area contributed by atoms with Gasteiger partial charge in [0.15, 0.2) is 0 Å². The largest absolute Gasteiger partial charge is 0.449 e. The molecule has 0 unspecified atom stereocenters. The molecular weight excluding hydrogens is 295 g/mol. The second-order valence-electron chi connectivity index (χ2n) is 4.38. The zero-order valence-corrected chi connectivity index (χ0v) is 11.8. The van der Waals surface area contributed by atoms with Crippen molar-refractivity contribution in [1.29, 1.82) is 0 Å². The molecule has 3 nitrogen and oxygen atoms in total. The van der Waals surface area contributed by atoms with Crippen LogP contribution in [0.5, 0.6) is 0 Å². The summed E-state index contributed by atoms with van der Waals surface area (Å²) in [4.78, 5) is 13.1. The molecule has 0 aliphatic carbocycles. The quantitative estimate of drug-likeness (QED) is 0.798. The van der Waals surface area contributed by atoms with Crippen molar-refractivity contribution < 1.29 is 22.7 Å². The maximum absolute atomic E-state index is 13.2. The summed E-state index contributed by atoms with van der Waals surface area (Å²) in [6, 6.07) is 13.0. The van der Waals surface area contributed by atoms with E-state index in [1.165, 1.54) is 18.2 Å². The van der Waals surface area contributed by atoms with Crippen molar-refractivity contribution in [2.75, 3.05) is 11.5 Å². The van der Waals surface area contributed by atoms with E-state index < -0.39 is 17.8 Å². The van der Waals surface area contributed by atoms with Gasteiger partial charge in [0.1, 0.15) is 0 Å². The van der Waals surface area contributed by atoms with E-state index in [9.17, 15) is 18.0 Å². The summed E-state index contributed by atoms with van der Waals surface area (Å²) in [5, 5.41) is 0. The molecule has 0 aliphatic rings. The number of amides is 1. The lowest BCUT2D eigenvalue weighted by Gasteiger charge is -2.25. The van der Waals surface area contributed by atoms with Gasteiger partial charge in [0.05, 0.1) is 23.5 Å². The molecule has 0 atom stereocenters. The predicted octanol–water partition coefficient (Wildman–Crippen LogP) is 5.00. The second kappa shape index (κ2) is 6.51. The number of para-hydroxylation sites is 2. The summed E-state index contributed by atoms with van der Waals surface area (Å²) in [5.74, 6) is 0. The highest BCUT2D eigenvalue weighted by molar-refractivity contribution is 5.96. The van der Waals surface area contributed by atoms with Gasteiger partial charge in [0.25, 0.3) is 0 Å². The van der Waals surface area contributed by atoms with E-state index in [0.29, 0.717) is 5.69 Å². The highest BCUT2D eigenvalue weighted by atomic mass is 19.4. The monoisotopic (exact) mass is 309 g/mol. The predicted molar refractivity (Wildman–Crippen MR) is 77.0 cm³/mol. The van der Waals surface area contributed by atoms with Crippen LogP contribution in [-0.4, -0.2) is 12.7 Å². The van der Waals surface area contributed by atoms with E-state index in [-0.39, 0.29) is 12.3 Å².